The van der Waals surface area contributed by atoms with Gasteiger partial charge in [0.05, 0.1) is 12.3 Å². The van der Waals surface area contributed by atoms with Gasteiger partial charge in [0.1, 0.15) is 0 Å². The molecule has 1 saturated carbocycles. The molecule has 0 bridgehead atoms. The van der Waals surface area contributed by atoms with Crippen LogP contribution < -0.4 is 0 Å². The molecule has 1 aromatic rings. The highest BCUT2D eigenvalue weighted by Gasteiger charge is 2.23. The number of rotatable bonds is 3. The molecule has 3 heteroatoms. The molecule has 1 fully saturated rings. The quantitative estimate of drug-likeness (QED) is 0.763. The first-order chi connectivity index (χ1) is 6.22. The Balaban J connectivity index is 2.23. The minimum Gasteiger partial charge on any atom is -0.392 e. The molecular weight excluding hydrogens is 164 g/mol. The maximum Gasteiger partial charge on any atom is 0.0718 e. The van der Waals surface area contributed by atoms with Crippen LogP contribution >= 0.6 is 0 Å². The van der Waals surface area contributed by atoms with Crippen molar-refractivity contribution in [2.75, 3.05) is 0 Å². The van der Waals surface area contributed by atoms with E-state index in [0.717, 1.165) is 29.4 Å². The van der Waals surface area contributed by atoms with Crippen molar-refractivity contribution < 1.29 is 5.11 Å². The highest BCUT2D eigenvalue weighted by atomic mass is 16.3. The first kappa shape index (κ1) is 8.75. The van der Waals surface area contributed by atoms with Crippen LogP contribution in [-0.4, -0.2) is 14.9 Å². The molecule has 1 N–H and O–H groups in total. The van der Waals surface area contributed by atoms with E-state index < -0.39 is 0 Å². The van der Waals surface area contributed by atoms with Crippen molar-refractivity contribution in [1.82, 2.24) is 9.78 Å². The Morgan fingerprint density at radius 1 is 1.46 bits per heavy atom. The molecule has 0 spiro atoms. The predicted molar refractivity (Wildman–Crippen MR) is 50.3 cm³/mol. The average molecular weight is 180 g/mol. The SMILES string of the molecule is Cc1nn(CC2CC2)c(C)c1CO. The summed E-state index contributed by atoms with van der Waals surface area (Å²) in [7, 11) is 0. The van der Waals surface area contributed by atoms with E-state index in [2.05, 4.69) is 5.10 Å². The molecule has 0 aliphatic heterocycles. The number of aliphatic hydroxyl groups excluding tert-OH is 1. The van der Waals surface area contributed by atoms with E-state index in [9.17, 15) is 0 Å². The largest absolute Gasteiger partial charge is 0.392 e. The summed E-state index contributed by atoms with van der Waals surface area (Å²) in [6, 6.07) is 0. The molecule has 1 aromatic heterocycles. The number of aryl methyl sites for hydroxylation is 1. The molecule has 0 aromatic carbocycles. The van der Waals surface area contributed by atoms with Crippen LogP contribution in [0.5, 0.6) is 0 Å². The Labute approximate surface area is 78.4 Å². The van der Waals surface area contributed by atoms with Gasteiger partial charge in [0, 0.05) is 17.8 Å². The molecule has 2 rings (SSSR count). The normalized spacial score (nSPS) is 16.5. The van der Waals surface area contributed by atoms with Crippen LogP contribution in [0.3, 0.4) is 0 Å². The van der Waals surface area contributed by atoms with Crippen molar-refractivity contribution >= 4 is 0 Å². The lowest BCUT2D eigenvalue weighted by molar-refractivity contribution is 0.280. The third-order valence-electron chi connectivity index (χ3n) is 2.82. The topological polar surface area (TPSA) is 38.0 Å². The maximum absolute atomic E-state index is 9.11. The molecule has 3 nitrogen and oxygen atoms in total. The minimum absolute atomic E-state index is 0.113. The summed E-state index contributed by atoms with van der Waals surface area (Å²) in [4.78, 5) is 0. The summed E-state index contributed by atoms with van der Waals surface area (Å²) in [5.41, 5.74) is 3.10. The highest BCUT2D eigenvalue weighted by Crippen LogP contribution is 2.31. The van der Waals surface area contributed by atoms with Gasteiger partial charge in [0.15, 0.2) is 0 Å². The lowest BCUT2D eigenvalue weighted by atomic mass is 10.2. The number of nitrogens with zero attached hydrogens (tertiary/aromatic N) is 2. The van der Waals surface area contributed by atoms with E-state index >= 15 is 0 Å². The molecule has 0 atom stereocenters. The molecular formula is C10H16N2O. The molecule has 0 radical (unpaired) electrons. The first-order valence-electron chi connectivity index (χ1n) is 4.86. The third kappa shape index (κ3) is 1.61. The van der Waals surface area contributed by atoms with Gasteiger partial charge in [-0.15, -0.1) is 0 Å². The minimum atomic E-state index is 0.113. The van der Waals surface area contributed by atoms with Crippen molar-refractivity contribution in [3.8, 4) is 0 Å². The van der Waals surface area contributed by atoms with Gasteiger partial charge in [0.2, 0.25) is 0 Å². The molecule has 1 aliphatic carbocycles. The maximum atomic E-state index is 9.11. The zero-order chi connectivity index (χ0) is 9.42. The summed E-state index contributed by atoms with van der Waals surface area (Å²) in [5, 5.41) is 13.5. The Kier molecular flexibility index (Phi) is 2.12. The smallest absolute Gasteiger partial charge is 0.0718 e. The monoisotopic (exact) mass is 180 g/mol. The standard InChI is InChI=1S/C10H16N2O/c1-7-10(6-13)8(2)12(11-7)5-9-3-4-9/h9,13H,3-6H2,1-2H3. The van der Waals surface area contributed by atoms with Crippen LogP contribution in [0.2, 0.25) is 0 Å². The van der Waals surface area contributed by atoms with E-state index in [1.807, 2.05) is 18.5 Å². The Morgan fingerprint density at radius 3 is 2.62 bits per heavy atom. The van der Waals surface area contributed by atoms with Gasteiger partial charge in [-0.05, 0) is 32.6 Å². The Morgan fingerprint density at radius 2 is 2.15 bits per heavy atom. The summed E-state index contributed by atoms with van der Waals surface area (Å²) in [6.07, 6.45) is 2.68. The highest BCUT2D eigenvalue weighted by molar-refractivity contribution is 5.23. The lowest BCUT2D eigenvalue weighted by Crippen LogP contribution is -2.04. The Bertz CT molecular complexity index is 313. The van der Waals surface area contributed by atoms with Crippen LogP contribution in [-0.2, 0) is 13.2 Å². The van der Waals surface area contributed by atoms with E-state index in [-0.39, 0.29) is 6.61 Å². The fourth-order valence-electron chi connectivity index (χ4n) is 1.69. The summed E-state index contributed by atoms with van der Waals surface area (Å²) in [5.74, 6) is 0.838. The van der Waals surface area contributed by atoms with E-state index in [1.165, 1.54) is 12.8 Å². The summed E-state index contributed by atoms with van der Waals surface area (Å²) < 4.78 is 2.04. The Hall–Kier alpha value is -0.830. The fraction of sp³-hybridized carbons (Fsp3) is 0.700. The summed E-state index contributed by atoms with van der Waals surface area (Å²) >= 11 is 0. The summed E-state index contributed by atoms with van der Waals surface area (Å²) in [6.45, 7) is 5.14. The fourth-order valence-corrected chi connectivity index (χ4v) is 1.69. The van der Waals surface area contributed by atoms with Crippen molar-refractivity contribution in [3.05, 3.63) is 17.0 Å². The van der Waals surface area contributed by atoms with Crippen LogP contribution in [0.15, 0.2) is 0 Å². The number of aromatic nitrogens is 2. The van der Waals surface area contributed by atoms with Crippen LogP contribution in [0.1, 0.15) is 29.8 Å². The zero-order valence-electron chi connectivity index (χ0n) is 8.25. The number of aliphatic hydroxyl groups is 1. The van der Waals surface area contributed by atoms with Gasteiger partial charge in [0.25, 0.3) is 0 Å². The molecule has 0 unspecified atom stereocenters. The molecule has 13 heavy (non-hydrogen) atoms. The molecule has 1 heterocycles. The van der Waals surface area contributed by atoms with Crippen molar-refractivity contribution in [1.29, 1.82) is 0 Å². The van der Waals surface area contributed by atoms with E-state index in [0.29, 0.717) is 0 Å². The molecule has 1 aliphatic rings. The number of hydrogen-bond acceptors (Lipinski definition) is 2. The van der Waals surface area contributed by atoms with Crippen molar-refractivity contribution in [3.63, 3.8) is 0 Å². The van der Waals surface area contributed by atoms with Gasteiger partial charge >= 0.3 is 0 Å². The molecule has 0 saturated heterocycles. The number of hydrogen-bond donors (Lipinski definition) is 1. The van der Waals surface area contributed by atoms with Crippen LogP contribution in [0, 0.1) is 19.8 Å². The van der Waals surface area contributed by atoms with Gasteiger partial charge in [-0.25, -0.2) is 0 Å². The first-order valence-corrected chi connectivity index (χ1v) is 4.86. The van der Waals surface area contributed by atoms with E-state index in [1.54, 1.807) is 0 Å². The van der Waals surface area contributed by atoms with E-state index in [4.69, 9.17) is 5.11 Å². The third-order valence-corrected chi connectivity index (χ3v) is 2.82. The van der Waals surface area contributed by atoms with Crippen LogP contribution in [0.4, 0.5) is 0 Å². The van der Waals surface area contributed by atoms with Gasteiger partial charge in [-0.2, -0.15) is 5.10 Å². The van der Waals surface area contributed by atoms with Crippen LogP contribution in [0.25, 0.3) is 0 Å². The van der Waals surface area contributed by atoms with Gasteiger partial charge < -0.3 is 5.11 Å². The molecule has 72 valence electrons. The van der Waals surface area contributed by atoms with Gasteiger partial charge in [-0.1, -0.05) is 0 Å². The second-order valence-electron chi connectivity index (χ2n) is 3.93. The lowest BCUT2D eigenvalue weighted by Gasteiger charge is -2.02. The second kappa shape index (κ2) is 3.14. The van der Waals surface area contributed by atoms with Crippen molar-refractivity contribution in [2.45, 2.75) is 39.8 Å². The zero-order valence-corrected chi connectivity index (χ0v) is 8.25. The van der Waals surface area contributed by atoms with Crippen molar-refractivity contribution in [2.24, 2.45) is 5.92 Å². The molecule has 0 amide bonds. The predicted octanol–water partition coefficient (Wildman–Crippen LogP) is 1.40. The second-order valence-corrected chi connectivity index (χ2v) is 3.93. The van der Waals surface area contributed by atoms with Gasteiger partial charge in [-0.3, -0.25) is 4.68 Å². The average Bonchev–Trinajstić information content (AvgIpc) is 2.83.